The Morgan fingerprint density at radius 2 is 1.84 bits per heavy atom. The van der Waals surface area contributed by atoms with E-state index in [9.17, 15) is 4.79 Å². The molecule has 1 heterocycles. The third-order valence-corrected chi connectivity index (χ3v) is 4.31. The summed E-state index contributed by atoms with van der Waals surface area (Å²) in [5.41, 5.74) is 5.05. The number of amides is 1. The summed E-state index contributed by atoms with van der Waals surface area (Å²) in [6.45, 7) is 6.71. The van der Waals surface area contributed by atoms with Gasteiger partial charge in [0.15, 0.2) is 6.61 Å². The second-order valence-electron chi connectivity index (χ2n) is 6.50. The molecule has 0 aliphatic carbocycles. The molecule has 0 saturated carbocycles. The lowest BCUT2D eigenvalue weighted by Crippen LogP contribution is -2.28. The first-order valence-electron chi connectivity index (χ1n) is 8.42. The van der Waals surface area contributed by atoms with E-state index in [1.54, 1.807) is 0 Å². The van der Waals surface area contributed by atoms with E-state index in [1.807, 2.05) is 24.3 Å². The smallest absolute Gasteiger partial charge is 0.258 e. The van der Waals surface area contributed by atoms with Crippen molar-refractivity contribution in [2.75, 3.05) is 6.61 Å². The van der Waals surface area contributed by atoms with Gasteiger partial charge in [0.25, 0.3) is 5.91 Å². The minimum Gasteiger partial charge on any atom is -0.484 e. The lowest BCUT2D eigenvalue weighted by molar-refractivity contribution is -0.123. The molecule has 134 valence electrons. The molecular weight excluding hydrogens is 336 g/mol. The molecule has 4 nitrogen and oxygen atoms in total. The number of halogens is 1. The second-order valence-corrected chi connectivity index (χ2v) is 6.50. The van der Waals surface area contributed by atoms with Crippen LogP contribution in [0.2, 0.25) is 0 Å². The molecule has 5 heteroatoms. The van der Waals surface area contributed by atoms with Gasteiger partial charge in [-0.25, -0.2) is 0 Å². The van der Waals surface area contributed by atoms with Crippen molar-refractivity contribution >= 4 is 18.3 Å². The van der Waals surface area contributed by atoms with Crippen LogP contribution >= 0.6 is 12.4 Å². The Morgan fingerprint density at radius 3 is 2.56 bits per heavy atom. The Kier molecular flexibility index (Phi) is 6.85. The normalized spacial score (nSPS) is 12.4. The minimum atomic E-state index is -0.110. The van der Waals surface area contributed by atoms with Gasteiger partial charge in [0.1, 0.15) is 5.75 Å². The first-order chi connectivity index (χ1) is 11.6. The Bertz CT molecular complexity index is 714. The van der Waals surface area contributed by atoms with Crippen molar-refractivity contribution in [2.24, 2.45) is 0 Å². The minimum absolute atomic E-state index is 0. The Labute approximate surface area is 155 Å². The number of ether oxygens (including phenoxy) is 1. The Hall–Kier alpha value is -2.04. The maximum atomic E-state index is 12.0. The zero-order valence-electron chi connectivity index (χ0n) is 14.7. The number of benzene rings is 2. The highest BCUT2D eigenvalue weighted by Crippen LogP contribution is 2.19. The van der Waals surface area contributed by atoms with Gasteiger partial charge in [-0.05, 0) is 40.3 Å². The molecule has 2 aromatic rings. The average molecular weight is 361 g/mol. The molecule has 1 aliphatic heterocycles. The zero-order valence-corrected chi connectivity index (χ0v) is 15.5. The van der Waals surface area contributed by atoms with E-state index < -0.39 is 0 Å². The highest BCUT2D eigenvalue weighted by molar-refractivity contribution is 5.85. The fourth-order valence-electron chi connectivity index (χ4n) is 2.81. The second kappa shape index (κ2) is 8.88. The number of fused-ring (bicyclic) bond motifs is 1. The van der Waals surface area contributed by atoms with Gasteiger partial charge in [-0.15, -0.1) is 12.4 Å². The van der Waals surface area contributed by atoms with E-state index >= 15 is 0 Å². The average Bonchev–Trinajstić information content (AvgIpc) is 3.06. The van der Waals surface area contributed by atoms with Crippen LogP contribution in [0.3, 0.4) is 0 Å². The van der Waals surface area contributed by atoms with Crippen molar-refractivity contribution in [3.8, 4) is 5.75 Å². The van der Waals surface area contributed by atoms with E-state index in [0.29, 0.717) is 12.5 Å². The molecule has 0 unspecified atom stereocenters. The SMILES string of the molecule is CC(C)c1ccc(OCC(=O)NCc2ccc3c(c2)CNC3)cc1.Cl. The van der Waals surface area contributed by atoms with Gasteiger partial charge >= 0.3 is 0 Å². The van der Waals surface area contributed by atoms with E-state index in [2.05, 4.69) is 42.7 Å². The van der Waals surface area contributed by atoms with Crippen molar-refractivity contribution in [1.29, 1.82) is 0 Å². The van der Waals surface area contributed by atoms with Crippen LogP contribution in [0.15, 0.2) is 42.5 Å². The molecule has 0 saturated heterocycles. The predicted octanol–water partition coefficient (Wildman–Crippen LogP) is 3.53. The van der Waals surface area contributed by atoms with E-state index in [4.69, 9.17) is 4.74 Å². The Morgan fingerprint density at radius 1 is 1.12 bits per heavy atom. The van der Waals surface area contributed by atoms with E-state index in [-0.39, 0.29) is 24.9 Å². The number of hydrogen-bond donors (Lipinski definition) is 2. The third-order valence-electron chi connectivity index (χ3n) is 4.31. The summed E-state index contributed by atoms with van der Waals surface area (Å²) in [4.78, 5) is 12.0. The molecule has 25 heavy (non-hydrogen) atoms. The topological polar surface area (TPSA) is 50.4 Å². The first kappa shape index (κ1) is 19.3. The van der Waals surface area contributed by atoms with Gasteiger partial charge < -0.3 is 15.4 Å². The van der Waals surface area contributed by atoms with Crippen LogP contribution in [-0.2, 0) is 24.4 Å². The summed E-state index contributed by atoms with van der Waals surface area (Å²) in [5, 5.41) is 6.23. The van der Waals surface area contributed by atoms with Crippen LogP contribution < -0.4 is 15.4 Å². The zero-order chi connectivity index (χ0) is 16.9. The molecule has 0 aromatic heterocycles. The van der Waals surface area contributed by atoms with Crippen LogP contribution in [-0.4, -0.2) is 12.5 Å². The van der Waals surface area contributed by atoms with E-state index in [1.165, 1.54) is 16.7 Å². The highest BCUT2D eigenvalue weighted by Gasteiger charge is 2.10. The van der Waals surface area contributed by atoms with Gasteiger partial charge in [-0.3, -0.25) is 4.79 Å². The van der Waals surface area contributed by atoms with Crippen molar-refractivity contribution in [2.45, 2.75) is 39.4 Å². The molecule has 0 bridgehead atoms. The molecule has 0 atom stereocenters. The quantitative estimate of drug-likeness (QED) is 0.828. The van der Waals surface area contributed by atoms with E-state index in [0.717, 1.165) is 24.4 Å². The standard InChI is InChI=1S/C20H24N2O2.ClH/c1-14(2)16-5-7-19(8-6-16)24-13-20(23)22-10-15-3-4-17-11-21-12-18(17)9-15;/h3-9,14,21H,10-13H2,1-2H3,(H,22,23);1H. The predicted molar refractivity (Wildman–Crippen MR) is 102 cm³/mol. The molecule has 1 amide bonds. The van der Waals surface area contributed by atoms with Crippen LogP contribution in [0, 0.1) is 0 Å². The lowest BCUT2D eigenvalue weighted by Gasteiger charge is -2.10. The van der Waals surface area contributed by atoms with Crippen LogP contribution in [0.1, 0.15) is 42.0 Å². The summed E-state index contributed by atoms with van der Waals surface area (Å²) in [6.07, 6.45) is 0. The van der Waals surface area contributed by atoms with Crippen molar-refractivity contribution in [3.63, 3.8) is 0 Å². The number of rotatable bonds is 6. The molecule has 3 rings (SSSR count). The molecular formula is C20H25ClN2O2. The van der Waals surface area contributed by atoms with Crippen LogP contribution in [0.5, 0.6) is 5.75 Å². The fraction of sp³-hybridized carbons (Fsp3) is 0.350. The number of carbonyl (C=O) groups excluding carboxylic acids is 1. The van der Waals surface area contributed by atoms with Gasteiger partial charge in [0.05, 0.1) is 0 Å². The Balaban J connectivity index is 0.00000225. The maximum absolute atomic E-state index is 12.0. The number of nitrogens with one attached hydrogen (secondary N) is 2. The van der Waals surface area contributed by atoms with Crippen molar-refractivity contribution < 1.29 is 9.53 Å². The highest BCUT2D eigenvalue weighted by atomic mass is 35.5. The number of carbonyl (C=O) groups is 1. The summed E-state index contributed by atoms with van der Waals surface area (Å²) in [7, 11) is 0. The molecule has 2 aromatic carbocycles. The van der Waals surface area contributed by atoms with Gasteiger partial charge in [0.2, 0.25) is 0 Å². The molecule has 0 fully saturated rings. The van der Waals surface area contributed by atoms with Gasteiger partial charge in [-0.2, -0.15) is 0 Å². The van der Waals surface area contributed by atoms with Crippen LogP contribution in [0.4, 0.5) is 0 Å². The summed E-state index contributed by atoms with van der Waals surface area (Å²) < 4.78 is 5.54. The summed E-state index contributed by atoms with van der Waals surface area (Å²) >= 11 is 0. The van der Waals surface area contributed by atoms with Crippen molar-refractivity contribution in [3.05, 3.63) is 64.7 Å². The molecule has 0 radical (unpaired) electrons. The summed E-state index contributed by atoms with van der Waals surface area (Å²) in [5.74, 6) is 1.10. The molecule has 0 spiro atoms. The molecule has 2 N–H and O–H groups in total. The first-order valence-corrected chi connectivity index (χ1v) is 8.42. The monoisotopic (exact) mass is 360 g/mol. The third kappa shape index (κ3) is 5.21. The van der Waals surface area contributed by atoms with Gasteiger partial charge in [0, 0.05) is 19.6 Å². The van der Waals surface area contributed by atoms with Crippen molar-refractivity contribution in [1.82, 2.24) is 10.6 Å². The number of hydrogen-bond acceptors (Lipinski definition) is 3. The maximum Gasteiger partial charge on any atom is 0.258 e. The summed E-state index contributed by atoms with van der Waals surface area (Å²) in [6, 6.07) is 14.3. The molecule has 1 aliphatic rings. The van der Waals surface area contributed by atoms with Crippen LogP contribution in [0.25, 0.3) is 0 Å². The largest absolute Gasteiger partial charge is 0.484 e. The van der Waals surface area contributed by atoms with Gasteiger partial charge in [-0.1, -0.05) is 44.2 Å². The fourth-order valence-corrected chi connectivity index (χ4v) is 2.81. The lowest BCUT2D eigenvalue weighted by atomic mass is 10.0.